The topological polar surface area (TPSA) is 29.9 Å². The van der Waals surface area contributed by atoms with Crippen LogP contribution in [0.5, 0.6) is 0 Å². The van der Waals surface area contributed by atoms with Gasteiger partial charge < -0.3 is 16.8 Å². The third-order valence-corrected chi connectivity index (χ3v) is 4.50. The molecule has 0 saturated carbocycles. The molecule has 0 unspecified atom stereocenters. The van der Waals surface area contributed by atoms with Gasteiger partial charge >= 0.3 is 0 Å². The molecule has 0 aliphatic rings. The van der Waals surface area contributed by atoms with E-state index in [1.807, 2.05) is 18.2 Å². The maximum absolute atomic E-state index is 5.97. The van der Waals surface area contributed by atoms with E-state index in [1.54, 1.807) is 6.20 Å². The second-order valence-corrected chi connectivity index (χ2v) is 6.32. The molecule has 0 fully saturated rings. The molecule has 0 spiro atoms. The van der Waals surface area contributed by atoms with Crippen molar-refractivity contribution in [2.75, 3.05) is 0 Å². The van der Waals surface area contributed by atoms with Crippen molar-refractivity contribution in [3.05, 3.63) is 96.4 Å². The molecule has 0 aliphatic heterocycles. The van der Waals surface area contributed by atoms with Crippen molar-refractivity contribution in [3.8, 4) is 22.8 Å². The molecule has 4 aromatic rings. The highest BCUT2D eigenvalue weighted by Crippen LogP contribution is 2.25. The number of hydrogen-bond acceptors (Lipinski definition) is 2. The van der Waals surface area contributed by atoms with E-state index in [9.17, 15) is 0 Å². The summed E-state index contributed by atoms with van der Waals surface area (Å²) in [5.41, 5.74) is 4.63. The first kappa shape index (κ1) is 18.9. The standard InChI is InChI=1S/C23H21N2O.ClH/c1-2-18-8-10-20(11-9-18)22-16-24-23(26-22)21-12-14-25(15-13-21)17-19-6-4-3-5-7-19;/h3-16H,2,17H2,1H3;1H/q+1;/p-1. The fourth-order valence-corrected chi connectivity index (χ4v) is 2.95. The summed E-state index contributed by atoms with van der Waals surface area (Å²) in [6.07, 6.45) is 6.95. The van der Waals surface area contributed by atoms with Crippen molar-refractivity contribution in [3.63, 3.8) is 0 Å². The van der Waals surface area contributed by atoms with Crippen LogP contribution in [0.2, 0.25) is 0 Å². The van der Waals surface area contributed by atoms with Gasteiger partial charge in [0.15, 0.2) is 24.7 Å². The number of oxazole rings is 1. The lowest BCUT2D eigenvalue weighted by molar-refractivity contribution is -0.688. The number of aryl methyl sites for hydroxylation is 1. The van der Waals surface area contributed by atoms with Gasteiger partial charge in [-0.3, -0.25) is 0 Å². The van der Waals surface area contributed by atoms with Crippen LogP contribution in [0, 0.1) is 0 Å². The minimum atomic E-state index is 0. The van der Waals surface area contributed by atoms with Crippen molar-refractivity contribution in [1.82, 2.24) is 4.98 Å². The summed E-state index contributed by atoms with van der Waals surface area (Å²) >= 11 is 0. The first-order valence-corrected chi connectivity index (χ1v) is 8.90. The third kappa shape index (κ3) is 4.44. The molecule has 0 saturated heterocycles. The third-order valence-electron chi connectivity index (χ3n) is 4.50. The number of benzene rings is 2. The Morgan fingerprint density at radius 2 is 1.52 bits per heavy atom. The Labute approximate surface area is 165 Å². The van der Waals surface area contributed by atoms with Gasteiger partial charge in [-0.1, -0.05) is 61.5 Å². The molecule has 2 heterocycles. The second kappa shape index (κ2) is 8.65. The van der Waals surface area contributed by atoms with Crippen LogP contribution in [0.3, 0.4) is 0 Å². The van der Waals surface area contributed by atoms with Crippen LogP contribution in [0.1, 0.15) is 18.1 Å². The van der Waals surface area contributed by atoms with E-state index in [2.05, 4.69) is 77.4 Å². The number of rotatable bonds is 5. The van der Waals surface area contributed by atoms with Crippen LogP contribution in [0.4, 0.5) is 0 Å². The van der Waals surface area contributed by atoms with E-state index in [0.717, 1.165) is 29.9 Å². The smallest absolute Gasteiger partial charge is 0.227 e. The van der Waals surface area contributed by atoms with Gasteiger partial charge in [-0.05, 0) is 12.0 Å². The van der Waals surface area contributed by atoms with Gasteiger partial charge in [0.25, 0.3) is 0 Å². The predicted octanol–water partition coefficient (Wildman–Crippen LogP) is 1.91. The van der Waals surface area contributed by atoms with E-state index in [4.69, 9.17) is 4.42 Å². The first-order valence-electron chi connectivity index (χ1n) is 8.90. The minimum Gasteiger partial charge on any atom is -1.00 e. The van der Waals surface area contributed by atoms with Crippen LogP contribution < -0.4 is 17.0 Å². The number of aromatic nitrogens is 2. The highest BCUT2D eigenvalue weighted by atomic mass is 35.5. The molecule has 2 aromatic heterocycles. The van der Waals surface area contributed by atoms with Crippen molar-refractivity contribution in [2.45, 2.75) is 19.9 Å². The first-order chi connectivity index (χ1) is 12.8. The normalized spacial score (nSPS) is 10.4. The molecule has 0 N–H and O–H groups in total. The van der Waals surface area contributed by atoms with Crippen LogP contribution in [-0.4, -0.2) is 4.98 Å². The lowest BCUT2D eigenvalue weighted by Crippen LogP contribution is -3.00. The quantitative estimate of drug-likeness (QED) is 0.498. The second-order valence-electron chi connectivity index (χ2n) is 6.32. The van der Waals surface area contributed by atoms with Crippen molar-refractivity contribution < 1.29 is 21.4 Å². The monoisotopic (exact) mass is 376 g/mol. The molecule has 4 rings (SSSR count). The Kier molecular flexibility index (Phi) is 6.05. The Balaban J connectivity index is 0.00000210. The fourth-order valence-electron chi connectivity index (χ4n) is 2.95. The largest absolute Gasteiger partial charge is 1.00 e. The average Bonchev–Trinajstić information content (AvgIpc) is 3.20. The molecule has 3 nitrogen and oxygen atoms in total. The fraction of sp³-hybridized carbons (Fsp3) is 0.130. The molecule has 0 bridgehead atoms. The minimum absolute atomic E-state index is 0. The van der Waals surface area contributed by atoms with E-state index in [1.165, 1.54) is 11.1 Å². The van der Waals surface area contributed by atoms with Crippen molar-refractivity contribution in [1.29, 1.82) is 0 Å². The Bertz CT molecular complexity index is 977. The average molecular weight is 377 g/mol. The van der Waals surface area contributed by atoms with Gasteiger partial charge in [0.05, 0.1) is 6.20 Å². The molecule has 136 valence electrons. The zero-order valence-electron chi connectivity index (χ0n) is 15.2. The zero-order chi connectivity index (χ0) is 17.8. The van der Waals surface area contributed by atoms with E-state index < -0.39 is 0 Å². The molecule has 27 heavy (non-hydrogen) atoms. The summed E-state index contributed by atoms with van der Waals surface area (Å²) < 4.78 is 8.11. The number of halogens is 1. The molecular formula is C23H21ClN2O. The molecule has 0 amide bonds. The van der Waals surface area contributed by atoms with Gasteiger partial charge in [-0.15, -0.1) is 0 Å². The van der Waals surface area contributed by atoms with E-state index in [0.29, 0.717) is 5.89 Å². The lowest BCUT2D eigenvalue weighted by atomic mass is 10.1. The highest BCUT2D eigenvalue weighted by molar-refractivity contribution is 5.60. The van der Waals surface area contributed by atoms with E-state index in [-0.39, 0.29) is 12.4 Å². The SMILES string of the molecule is CCc1ccc(-c2cnc(-c3cc[n+](Cc4ccccc4)cc3)o2)cc1.[Cl-]. The van der Waals surface area contributed by atoms with Crippen LogP contribution in [0.25, 0.3) is 22.8 Å². The summed E-state index contributed by atoms with van der Waals surface area (Å²) in [5.74, 6) is 1.44. The summed E-state index contributed by atoms with van der Waals surface area (Å²) in [4.78, 5) is 4.44. The number of nitrogens with zero attached hydrogens (tertiary/aromatic N) is 2. The molecular weight excluding hydrogens is 356 g/mol. The summed E-state index contributed by atoms with van der Waals surface area (Å²) in [6, 6.07) is 22.9. The maximum atomic E-state index is 5.97. The van der Waals surface area contributed by atoms with Gasteiger partial charge in [0.1, 0.15) is 0 Å². The maximum Gasteiger partial charge on any atom is 0.227 e. The van der Waals surface area contributed by atoms with Crippen LogP contribution in [-0.2, 0) is 13.0 Å². The number of hydrogen-bond donors (Lipinski definition) is 0. The van der Waals surface area contributed by atoms with Crippen LogP contribution in [0.15, 0.2) is 89.7 Å². The predicted molar refractivity (Wildman–Crippen MR) is 102 cm³/mol. The molecule has 0 aliphatic carbocycles. The Morgan fingerprint density at radius 3 is 2.19 bits per heavy atom. The Morgan fingerprint density at radius 1 is 0.815 bits per heavy atom. The summed E-state index contributed by atoms with van der Waals surface area (Å²) in [5, 5.41) is 0. The van der Waals surface area contributed by atoms with Gasteiger partial charge in [-0.2, -0.15) is 0 Å². The number of pyridine rings is 1. The zero-order valence-corrected chi connectivity index (χ0v) is 15.9. The molecule has 4 heteroatoms. The Hall–Kier alpha value is -2.91. The van der Waals surface area contributed by atoms with E-state index >= 15 is 0 Å². The molecule has 0 radical (unpaired) electrons. The summed E-state index contributed by atoms with van der Waals surface area (Å²) in [6.45, 7) is 3.00. The summed E-state index contributed by atoms with van der Waals surface area (Å²) in [7, 11) is 0. The van der Waals surface area contributed by atoms with Gasteiger partial charge in [-0.25, -0.2) is 9.55 Å². The lowest BCUT2D eigenvalue weighted by Gasteiger charge is -2.00. The highest BCUT2D eigenvalue weighted by Gasteiger charge is 2.10. The van der Waals surface area contributed by atoms with Crippen molar-refractivity contribution >= 4 is 0 Å². The molecule has 2 aromatic carbocycles. The molecule has 0 atom stereocenters. The van der Waals surface area contributed by atoms with Gasteiger partial charge in [0.2, 0.25) is 5.89 Å². The van der Waals surface area contributed by atoms with Crippen LogP contribution >= 0.6 is 0 Å². The van der Waals surface area contributed by atoms with Crippen molar-refractivity contribution in [2.24, 2.45) is 0 Å². The van der Waals surface area contributed by atoms with Gasteiger partial charge in [0, 0.05) is 28.8 Å².